The van der Waals surface area contributed by atoms with E-state index in [1.54, 1.807) is 24.3 Å². The topological polar surface area (TPSA) is 102 Å². The minimum atomic E-state index is -0.691. The Bertz CT molecular complexity index is 856. The average molecular weight is 378 g/mol. The summed E-state index contributed by atoms with van der Waals surface area (Å²) in [6.45, 7) is -0.282. The van der Waals surface area contributed by atoms with Crippen molar-refractivity contribution in [3.63, 3.8) is 0 Å². The van der Waals surface area contributed by atoms with Crippen molar-refractivity contribution in [2.75, 3.05) is 26.0 Å². The quantitative estimate of drug-likeness (QED) is 0.616. The summed E-state index contributed by atoms with van der Waals surface area (Å²) in [7, 11) is 2.89. The van der Waals surface area contributed by atoms with Gasteiger partial charge in [-0.15, -0.1) is 0 Å². The highest BCUT2D eigenvalue weighted by Gasteiger charge is 2.24. The number of nitrogens with one attached hydrogen (secondary N) is 1. The Hall–Kier alpha value is -3.13. The SMILES string of the molecule is COc1cccc(NC(=O)CN(C)C(=O)c2ccc(Cl)cc2[N+](=O)[O-])c1. The van der Waals surface area contributed by atoms with E-state index in [-0.39, 0.29) is 17.1 Å². The highest BCUT2D eigenvalue weighted by molar-refractivity contribution is 6.31. The molecule has 0 bridgehead atoms. The fourth-order valence-electron chi connectivity index (χ4n) is 2.23. The Balaban J connectivity index is 2.09. The van der Waals surface area contributed by atoms with E-state index >= 15 is 0 Å². The summed E-state index contributed by atoms with van der Waals surface area (Å²) < 4.78 is 5.07. The van der Waals surface area contributed by atoms with Crippen LogP contribution < -0.4 is 10.1 Å². The third-order valence-electron chi connectivity index (χ3n) is 3.47. The normalized spacial score (nSPS) is 10.1. The fourth-order valence-corrected chi connectivity index (χ4v) is 2.40. The third-order valence-corrected chi connectivity index (χ3v) is 3.70. The van der Waals surface area contributed by atoms with E-state index in [1.807, 2.05) is 0 Å². The molecule has 0 spiro atoms. The second kappa shape index (κ2) is 8.30. The molecule has 0 aromatic heterocycles. The minimum absolute atomic E-state index is 0.143. The lowest BCUT2D eigenvalue weighted by Crippen LogP contribution is -2.35. The molecule has 0 heterocycles. The number of hydrogen-bond acceptors (Lipinski definition) is 5. The molecule has 0 radical (unpaired) electrons. The first-order valence-electron chi connectivity index (χ1n) is 7.45. The van der Waals surface area contributed by atoms with E-state index in [0.29, 0.717) is 11.4 Å². The van der Waals surface area contributed by atoms with Crippen molar-refractivity contribution in [1.82, 2.24) is 4.90 Å². The van der Waals surface area contributed by atoms with Gasteiger partial charge in [0.25, 0.3) is 11.6 Å². The molecule has 2 aromatic rings. The molecule has 0 saturated heterocycles. The second-order valence-corrected chi connectivity index (χ2v) is 5.80. The molecule has 2 amide bonds. The number of nitro benzene ring substituents is 1. The van der Waals surface area contributed by atoms with Crippen molar-refractivity contribution in [3.8, 4) is 5.75 Å². The first-order chi connectivity index (χ1) is 12.3. The maximum absolute atomic E-state index is 12.4. The lowest BCUT2D eigenvalue weighted by molar-refractivity contribution is -0.385. The van der Waals surface area contributed by atoms with E-state index in [0.717, 1.165) is 11.0 Å². The Morgan fingerprint density at radius 2 is 2.00 bits per heavy atom. The van der Waals surface area contributed by atoms with E-state index < -0.39 is 22.4 Å². The van der Waals surface area contributed by atoms with Crippen LogP contribution in [0.1, 0.15) is 10.4 Å². The van der Waals surface area contributed by atoms with Gasteiger partial charge in [0.15, 0.2) is 0 Å². The van der Waals surface area contributed by atoms with Gasteiger partial charge >= 0.3 is 0 Å². The zero-order chi connectivity index (χ0) is 19.3. The average Bonchev–Trinajstić information content (AvgIpc) is 2.60. The molecule has 26 heavy (non-hydrogen) atoms. The zero-order valence-corrected chi connectivity index (χ0v) is 14.8. The largest absolute Gasteiger partial charge is 0.497 e. The van der Waals surface area contributed by atoms with E-state index in [9.17, 15) is 19.7 Å². The molecule has 2 rings (SSSR count). The first-order valence-corrected chi connectivity index (χ1v) is 7.83. The number of carbonyl (C=O) groups is 2. The number of ether oxygens (including phenoxy) is 1. The lowest BCUT2D eigenvalue weighted by Gasteiger charge is -2.17. The van der Waals surface area contributed by atoms with Crippen molar-refractivity contribution in [2.45, 2.75) is 0 Å². The predicted molar refractivity (Wildman–Crippen MR) is 96.7 cm³/mol. The molecule has 0 aliphatic carbocycles. The number of nitro groups is 1. The Morgan fingerprint density at radius 1 is 1.27 bits per heavy atom. The van der Waals surface area contributed by atoms with Crippen LogP contribution in [0.5, 0.6) is 5.75 Å². The van der Waals surface area contributed by atoms with E-state index in [2.05, 4.69) is 5.32 Å². The van der Waals surface area contributed by atoms with Gasteiger partial charge in [0.2, 0.25) is 5.91 Å². The van der Waals surface area contributed by atoms with Crippen molar-refractivity contribution in [3.05, 3.63) is 63.2 Å². The summed E-state index contributed by atoms with van der Waals surface area (Å²) >= 11 is 5.74. The number of amides is 2. The smallest absolute Gasteiger partial charge is 0.283 e. The molecule has 0 saturated carbocycles. The molecule has 0 aliphatic heterocycles. The Morgan fingerprint density at radius 3 is 2.65 bits per heavy atom. The number of halogens is 1. The van der Waals surface area contributed by atoms with Gasteiger partial charge in [-0.3, -0.25) is 19.7 Å². The van der Waals surface area contributed by atoms with Crippen molar-refractivity contribution < 1.29 is 19.2 Å². The summed E-state index contributed by atoms with van der Waals surface area (Å²) in [5.74, 6) is -0.538. The first kappa shape index (κ1) is 19.2. The molecular weight excluding hydrogens is 362 g/mol. The molecule has 136 valence electrons. The van der Waals surface area contributed by atoms with Gasteiger partial charge in [0, 0.05) is 29.9 Å². The van der Waals surface area contributed by atoms with Crippen molar-refractivity contribution in [1.29, 1.82) is 0 Å². The molecule has 0 atom stereocenters. The highest BCUT2D eigenvalue weighted by atomic mass is 35.5. The number of benzene rings is 2. The van der Waals surface area contributed by atoms with Crippen LogP contribution in [0.2, 0.25) is 5.02 Å². The van der Waals surface area contributed by atoms with Crippen LogP contribution in [-0.4, -0.2) is 42.3 Å². The molecule has 8 nitrogen and oxygen atoms in total. The molecule has 0 aliphatic rings. The summed E-state index contributed by atoms with van der Waals surface area (Å²) in [6, 6.07) is 10.5. The third kappa shape index (κ3) is 4.70. The van der Waals surface area contributed by atoms with Crippen LogP contribution in [0.15, 0.2) is 42.5 Å². The number of hydrogen-bond donors (Lipinski definition) is 1. The van der Waals surface area contributed by atoms with Gasteiger partial charge in [-0.2, -0.15) is 0 Å². The summed E-state index contributed by atoms with van der Waals surface area (Å²) in [5, 5.41) is 13.9. The van der Waals surface area contributed by atoms with Crippen LogP contribution in [0.25, 0.3) is 0 Å². The highest BCUT2D eigenvalue weighted by Crippen LogP contribution is 2.24. The second-order valence-electron chi connectivity index (χ2n) is 5.36. The van der Waals surface area contributed by atoms with Crippen LogP contribution in [0.4, 0.5) is 11.4 Å². The maximum atomic E-state index is 12.4. The number of anilines is 1. The van der Waals surface area contributed by atoms with Crippen LogP contribution >= 0.6 is 11.6 Å². The summed E-state index contributed by atoms with van der Waals surface area (Å²) in [6.07, 6.45) is 0. The van der Waals surface area contributed by atoms with Gasteiger partial charge in [-0.05, 0) is 24.3 Å². The van der Waals surface area contributed by atoms with Crippen molar-refractivity contribution in [2.24, 2.45) is 0 Å². The van der Waals surface area contributed by atoms with Crippen molar-refractivity contribution >= 4 is 34.8 Å². The predicted octanol–water partition coefficient (Wildman–Crippen LogP) is 2.97. The van der Waals surface area contributed by atoms with Crippen LogP contribution in [0, 0.1) is 10.1 Å². The van der Waals surface area contributed by atoms with Gasteiger partial charge < -0.3 is 15.0 Å². The molecule has 2 aromatic carbocycles. The Labute approximate surface area is 154 Å². The number of nitrogens with zero attached hydrogens (tertiary/aromatic N) is 2. The summed E-state index contributed by atoms with van der Waals surface area (Å²) in [4.78, 5) is 36.1. The fraction of sp³-hybridized carbons (Fsp3) is 0.176. The van der Waals surface area contributed by atoms with E-state index in [1.165, 1.54) is 26.3 Å². The molecular formula is C17H16ClN3O5. The monoisotopic (exact) mass is 377 g/mol. The van der Waals surface area contributed by atoms with Crippen LogP contribution in [-0.2, 0) is 4.79 Å². The summed E-state index contributed by atoms with van der Waals surface area (Å²) in [5.41, 5.74) is -0.0497. The van der Waals surface area contributed by atoms with Gasteiger partial charge in [0.05, 0.1) is 18.6 Å². The van der Waals surface area contributed by atoms with E-state index in [4.69, 9.17) is 16.3 Å². The molecule has 0 unspecified atom stereocenters. The number of carbonyl (C=O) groups excluding carboxylic acids is 2. The standard InChI is InChI=1S/C17H16ClN3O5/c1-20(10-16(22)19-12-4-3-5-13(9-12)26-2)17(23)14-7-6-11(18)8-15(14)21(24)25/h3-9H,10H2,1-2H3,(H,19,22). The number of likely N-dealkylation sites (N-methyl/N-ethyl adjacent to an activating group) is 1. The van der Waals surface area contributed by atoms with Gasteiger partial charge in [-0.1, -0.05) is 17.7 Å². The van der Waals surface area contributed by atoms with Crippen LogP contribution in [0.3, 0.4) is 0 Å². The Kier molecular flexibility index (Phi) is 6.13. The molecule has 1 N–H and O–H groups in total. The van der Waals surface area contributed by atoms with Gasteiger partial charge in [-0.25, -0.2) is 0 Å². The van der Waals surface area contributed by atoms with Gasteiger partial charge in [0.1, 0.15) is 11.3 Å². The zero-order valence-electron chi connectivity index (χ0n) is 14.1. The number of methoxy groups -OCH3 is 1. The lowest BCUT2D eigenvalue weighted by atomic mass is 10.1. The molecule has 0 fully saturated rings. The molecule has 9 heteroatoms. The maximum Gasteiger partial charge on any atom is 0.283 e. The minimum Gasteiger partial charge on any atom is -0.497 e. The number of rotatable bonds is 6.